The number of carbonyl (C=O) groups is 2. The fraction of sp³-hybridized carbons (Fsp3) is 0.200. The average molecular weight is 450 g/mol. The Labute approximate surface area is 190 Å². The van der Waals surface area contributed by atoms with Gasteiger partial charge in [-0.25, -0.2) is 4.90 Å². The fourth-order valence-electron chi connectivity index (χ4n) is 3.70. The zero-order valence-corrected chi connectivity index (χ0v) is 19.1. The molecule has 164 valence electrons. The van der Waals surface area contributed by atoms with E-state index in [-0.39, 0.29) is 11.8 Å². The highest BCUT2D eigenvalue weighted by Crippen LogP contribution is 2.42. The summed E-state index contributed by atoms with van der Waals surface area (Å²) in [5, 5.41) is 0. The number of amides is 2. The number of methoxy groups -OCH3 is 2. The number of benzene rings is 2. The lowest BCUT2D eigenvalue weighted by molar-refractivity contribution is -0.119. The molecule has 0 aliphatic carbocycles. The molecule has 0 bridgehead atoms. The number of hydrogen-bond donors (Lipinski definition) is 0. The van der Waals surface area contributed by atoms with Crippen molar-refractivity contribution in [2.75, 3.05) is 19.1 Å². The standard InChI is InChI=1S/C25H23NO5S/c1-15-7-9-19(16(2)12-15)26-24(27)22(17-8-10-20(29-3)21(13-17)30-4)23(25(26)28)32-14-18-6-5-11-31-18/h5-13H,14H2,1-4H3. The van der Waals surface area contributed by atoms with Crippen LogP contribution in [0.25, 0.3) is 5.57 Å². The van der Waals surface area contributed by atoms with Crippen molar-refractivity contribution in [1.29, 1.82) is 0 Å². The van der Waals surface area contributed by atoms with Gasteiger partial charge in [0.05, 0.1) is 42.4 Å². The van der Waals surface area contributed by atoms with Gasteiger partial charge in [-0.05, 0) is 55.3 Å². The largest absolute Gasteiger partial charge is 0.493 e. The molecule has 6 nitrogen and oxygen atoms in total. The summed E-state index contributed by atoms with van der Waals surface area (Å²) in [5.41, 5.74) is 3.43. The molecule has 7 heteroatoms. The minimum absolute atomic E-state index is 0.340. The predicted octanol–water partition coefficient (Wildman–Crippen LogP) is 5.13. The van der Waals surface area contributed by atoms with Gasteiger partial charge in [0.2, 0.25) is 0 Å². The zero-order valence-electron chi connectivity index (χ0n) is 18.3. The SMILES string of the molecule is COc1ccc(C2=C(SCc3ccco3)C(=O)N(c3ccc(C)cc3C)C2=O)cc1OC. The molecule has 2 heterocycles. The van der Waals surface area contributed by atoms with Crippen LogP contribution in [0, 0.1) is 13.8 Å². The van der Waals surface area contributed by atoms with E-state index in [1.165, 1.54) is 23.8 Å². The number of furan rings is 1. The number of imide groups is 1. The Hall–Kier alpha value is -3.45. The second-order valence-corrected chi connectivity index (χ2v) is 8.36. The van der Waals surface area contributed by atoms with Gasteiger partial charge < -0.3 is 13.9 Å². The number of aryl methyl sites for hydroxylation is 2. The van der Waals surface area contributed by atoms with Crippen molar-refractivity contribution in [2.45, 2.75) is 19.6 Å². The second kappa shape index (κ2) is 8.96. The van der Waals surface area contributed by atoms with E-state index in [0.29, 0.717) is 39.0 Å². The van der Waals surface area contributed by atoms with Crippen molar-refractivity contribution >= 4 is 34.8 Å². The van der Waals surface area contributed by atoms with E-state index in [0.717, 1.165) is 16.9 Å². The van der Waals surface area contributed by atoms with Gasteiger partial charge in [-0.2, -0.15) is 0 Å². The molecule has 0 radical (unpaired) electrons. The van der Waals surface area contributed by atoms with E-state index in [4.69, 9.17) is 13.9 Å². The zero-order chi connectivity index (χ0) is 22.8. The maximum atomic E-state index is 13.6. The lowest BCUT2D eigenvalue weighted by Crippen LogP contribution is -2.32. The van der Waals surface area contributed by atoms with Crippen LogP contribution in [0.5, 0.6) is 11.5 Å². The number of hydrogen-bond acceptors (Lipinski definition) is 6. The van der Waals surface area contributed by atoms with Crippen molar-refractivity contribution in [3.05, 3.63) is 82.1 Å². The van der Waals surface area contributed by atoms with Gasteiger partial charge in [0.1, 0.15) is 5.76 Å². The number of rotatable bonds is 7. The highest BCUT2D eigenvalue weighted by molar-refractivity contribution is 8.03. The molecule has 0 unspecified atom stereocenters. The summed E-state index contributed by atoms with van der Waals surface area (Å²) in [6.45, 7) is 3.87. The molecule has 32 heavy (non-hydrogen) atoms. The monoisotopic (exact) mass is 449 g/mol. The van der Waals surface area contributed by atoms with Crippen molar-refractivity contribution < 1.29 is 23.5 Å². The third-order valence-corrected chi connectivity index (χ3v) is 6.34. The van der Waals surface area contributed by atoms with Crippen LogP contribution in [0.2, 0.25) is 0 Å². The molecule has 2 amide bonds. The van der Waals surface area contributed by atoms with E-state index in [1.807, 2.05) is 38.1 Å². The highest BCUT2D eigenvalue weighted by Gasteiger charge is 2.41. The molecule has 0 N–H and O–H groups in total. The van der Waals surface area contributed by atoms with E-state index in [1.54, 1.807) is 37.6 Å². The topological polar surface area (TPSA) is 69.0 Å². The molecule has 3 aromatic rings. The maximum absolute atomic E-state index is 13.6. The normalized spacial score (nSPS) is 13.8. The average Bonchev–Trinajstić information content (AvgIpc) is 3.38. The summed E-state index contributed by atoms with van der Waals surface area (Å²) in [5.74, 6) is 1.47. The van der Waals surface area contributed by atoms with Crippen molar-refractivity contribution in [2.24, 2.45) is 0 Å². The minimum Gasteiger partial charge on any atom is -0.493 e. The summed E-state index contributed by atoms with van der Waals surface area (Å²) in [7, 11) is 3.08. The van der Waals surface area contributed by atoms with Gasteiger partial charge in [0, 0.05) is 0 Å². The van der Waals surface area contributed by atoms with Crippen LogP contribution < -0.4 is 14.4 Å². The molecule has 0 atom stereocenters. The number of ether oxygens (including phenoxy) is 2. The Morgan fingerprint density at radius 3 is 2.38 bits per heavy atom. The van der Waals surface area contributed by atoms with E-state index in [9.17, 15) is 9.59 Å². The third-order valence-electron chi connectivity index (χ3n) is 5.25. The van der Waals surface area contributed by atoms with Crippen LogP contribution in [0.15, 0.2) is 64.1 Å². The minimum atomic E-state index is -0.365. The van der Waals surface area contributed by atoms with E-state index in [2.05, 4.69) is 0 Å². The van der Waals surface area contributed by atoms with Gasteiger partial charge in [-0.15, -0.1) is 11.8 Å². The highest BCUT2D eigenvalue weighted by atomic mass is 32.2. The molecule has 2 aromatic carbocycles. The first-order valence-corrected chi connectivity index (χ1v) is 11.0. The molecule has 0 saturated carbocycles. The fourth-order valence-corrected chi connectivity index (χ4v) is 4.72. The van der Waals surface area contributed by atoms with Crippen molar-refractivity contribution in [3.63, 3.8) is 0 Å². The predicted molar refractivity (Wildman–Crippen MR) is 125 cm³/mol. The maximum Gasteiger partial charge on any atom is 0.272 e. The van der Waals surface area contributed by atoms with Gasteiger partial charge >= 0.3 is 0 Å². The summed E-state index contributed by atoms with van der Waals surface area (Å²) in [6, 6.07) is 14.5. The van der Waals surface area contributed by atoms with Crippen molar-refractivity contribution in [1.82, 2.24) is 0 Å². The molecule has 0 spiro atoms. The summed E-state index contributed by atoms with van der Waals surface area (Å²) in [4.78, 5) is 28.8. The molecular weight excluding hydrogens is 426 g/mol. The van der Waals surface area contributed by atoms with Crippen LogP contribution in [-0.2, 0) is 15.3 Å². The Morgan fingerprint density at radius 2 is 1.72 bits per heavy atom. The molecule has 4 rings (SSSR count). The smallest absolute Gasteiger partial charge is 0.272 e. The Balaban J connectivity index is 1.80. The summed E-state index contributed by atoms with van der Waals surface area (Å²) >= 11 is 1.29. The number of nitrogens with zero attached hydrogens (tertiary/aromatic N) is 1. The number of carbonyl (C=O) groups excluding carboxylic acids is 2. The van der Waals surface area contributed by atoms with E-state index < -0.39 is 0 Å². The molecule has 1 aliphatic heterocycles. The Morgan fingerprint density at radius 1 is 0.938 bits per heavy atom. The second-order valence-electron chi connectivity index (χ2n) is 7.38. The van der Waals surface area contributed by atoms with E-state index >= 15 is 0 Å². The van der Waals surface area contributed by atoms with Crippen molar-refractivity contribution in [3.8, 4) is 11.5 Å². The van der Waals surface area contributed by atoms with Crippen LogP contribution in [0.3, 0.4) is 0 Å². The summed E-state index contributed by atoms with van der Waals surface area (Å²) < 4.78 is 16.2. The van der Waals surface area contributed by atoms with Crippen LogP contribution in [-0.4, -0.2) is 26.0 Å². The van der Waals surface area contributed by atoms with Gasteiger partial charge in [-0.1, -0.05) is 23.8 Å². The lowest BCUT2D eigenvalue weighted by atomic mass is 10.0. The first-order chi connectivity index (χ1) is 15.4. The van der Waals surface area contributed by atoms with Crippen LogP contribution >= 0.6 is 11.8 Å². The number of anilines is 1. The molecule has 0 fully saturated rings. The molecule has 1 aromatic heterocycles. The molecular formula is C25H23NO5S. The quantitative estimate of drug-likeness (QED) is 0.466. The Kier molecular flexibility index (Phi) is 6.10. The molecule has 1 aliphatic rings. The first-order valence-electron chi connectivity index (χ1n) is 10.0. The lowest BCUT2D eigenvalue weighted by Gasteiger charge is -2.18. The number of thioether (sulfide) groups is 1. The van der Waals surface area contributed by atoms with Gasteiger partial charge in [-0.3, -0.25) is 9.59 Å². The van der Waals surface area contributed by atoms with Gasteiger partial charge in [0.15, 0.2) is 11.5 Å². The third kappa shape index (κ3) is 3.91. The Bertz CT molecular complexity index is 1210. The first kappa shape index (κ1) is 21.8. The van der Waals surface area contributed by atoms with Crippen LogP contribution in [0.4, 0.5) is 5.69 Å². The molecule has 0 saturated heterocycles. The summed E-state index contributed by atoms with van der Waals surface area (Å²) in [6.07, 6.45) is 1.59. The van der Waals surface area contributed by atoms with Gasteiger partial charge in [0.25, 0.3) is 11.8 Å². The van der Waals surface area contributed by atoms with Crippen LogP contribution in [0.1, 0.15) is 22.5 Å².